The van der Waals surface area contributed by atoms with Gasteiger partial charge in [-0.3, -0.25) is 4.98 Å². The van der Waals surface area contributed by atoms with Crippen molar-refractivity contribution in [2.75, 3.05) is 0 Å². The summed E-state index contributed by atoms with van der Waals surface area (Å²) < 4.78 is 5.04. The van der Waals surface area contributed by atoms with E-state index in [-0.39, 0.29) is 0 Å². The minimum absolute atomic E-state index is 0.359. The number of nitrogens with two attached hydrogens (primary N) is 1. The van der Waals surface area contributed by atoms with Crippen LogP contribution >= 0.6 is 0 Å². The lowest BCUT2D eigenvalue weighted by molar-refractivity contribution is 0.555. The Morgan fingerprint density at radius 3 is 2.95 bits per heavy atom. The molecule has 0 radical (unpaired) electrons. The Hall–Kier alpha value is -2.47. The van der Waals surface area contributed by atoms with Gasteiger partial charge in [0, 0.05) is 12.1 Å². The monoisotopic (exact) mass is 256 g/mol. The number of benzene rings is 1. The van der Waals surface area contributed by atoms with Crippen molar-refractivity contribution in [2.45, 2.75) is 13.5 Å². The van der Waals surface area contributed by atoms with Gasteiger partial charge in [-0.25, -0.2) is 14.8 Å². The highest BCUT2D eigenvalue weighted by atomic mass is 16.4. The summed E-state index contributed by atoms with van der Waals surface area (Å²) in [7, 11) is 0. The molecule has 0 aliphatic rings. The van der Waals surface area contributed by atoms with Crippen LogP contribution in [0.1, 0.15) is 11.5 Å². The molecular formula is C13H12N4O2. The highest BCUT2D eigenvalue weighted by Gasteiger charge is 2.07. The molecular weight excluding hydrogens is 244 g/mol. The molecule has 0 unspecified atom stereocenters. The Balaban J connectivity index is 2.17. The normalized spacial score (nSPS) is 11.1. The molecule has 0 amide bonds. The molecule has 0 aliphatic carbocycles. The smallest absolute Gasteiger partial charge is 0.408 e. The van der Waals surface area contributed by atoms with Crippen molar-refractivity contribution in [3.8, 4) is 11.3 Å². The van der Waals surface area contributed by atoms with Crippen LogP contribution in [-0.4, -0.2) is 15.0 Å². The van der Waals surface area contributed by atoms with E-state index < -0.39 is 5.76 Å². The molecule has 3 N–H and O–H groups in total. The highest BCUT2D eigenvalue weighted by molar-refractivity contribution is 5.78. The second-order valence-corrected chi connectivity index (χ2v) is 4.22. The van der Waals surface area contributed by atoms with Gasteiger partial charge in [-0.05, 0) is 25.1 Å². The number of aromatic nitrogens is 3. The largest absolute Gasteiger partial charge is 0.417 e. The minimum atomic E-state index is -0.464. The summed E-state index contributed by atoms with van der Waals surface area (Å²) in [5.74, 6) is 0.197. The van der Waals surface area contributed by atoms with Gasteiger partial charge in [-0.15, -0.1) is 0 Å². The van der Waals surface area contributed by atoms with Crippen LogP contribution in [0.15, 0.2) is 33.5 Å². The zero-order chi connectivity index (χ0) is 13.4. The van der Waals surface area contributed by atoms with Crippen LogP contribution in [0.25, 0.3) is 22.4 Å². The molecule has 0 bridgehead atoms. The van der Waals surface area contributed by atoms with Gasteiger partial charge in [-0.2, -0.15) is 0 Å². The molecule has 2 aromatic heterocycles. The topological polar surface area (TPSA) is 97.8 Å². The van der Waals surface area contributed by atoms with Gasteiger partial charge < -0.3 is 10.2 Å². The van der Waals surface area contributed by atoms with E-state index in [1.54, 1.807) is 12.1 Å². The Labute approximate surface area is 108 Å². The molecule has 1 aromatic carbocycles. The number of rotatable bonds is 2. The molecule has 3 aromatic rings. The maximum atomic E-state index is 11.1. The quantitative estimate of drug-likeness (QED) is 0.721. The standard InChI is InChI=1S/C13H12N4O2/c1-7-15-9(6-14)5-11(16-7)8-2-3-10-12(4-8)19-13(18)17-10/h2-5H,6,14H2,1H3,(H,17,18). The Kier molecular flexibility index (Phi) is 2.64. The molecule has 0 fully saturated rings. The summed E-state index contributed by atoms with van der Waals surface area (Å²) in [5.41, 5.74) is 9.17. The first-order valence-electron chi connectivity index (χ1n) is 5.83. The number of hydrogen-bond acceptors (Lipinski definition) is 5. The molecule has 3 rings (SSSR count). The van der Waals surface area contributed by atoms with Crippen LogP contribution in [0.3, 0.4) is 0 Å². The van der Waals surface area contributed by atoms with Crippen LogP contribution in [0, 0.1) is 6.92 Å². The van der Waals surface area contributed by atoms with Crippen LogP contribution < -0.4 is 11.5 Å². The summed E-state index contributed by atoms with van der Waals surface area (Å²) in [5, 5.41) is 0. The lowest BCUT2D eigenvalue weighted by atomic mass is 10.1. The third-order valence-electron chi connectivity index (χ3n) is 2.82. The van der Waals surface area contributed by atoms with Crippen molar-refractivity contribution in [3.05, 3.63) is 46.3 Å². The van der Waals surface area contributed by atoms with E-state index >= 15 is 0 Å². The van der Waals surface area contributed by atoms with Crippen LogP contribution in [0.2, 0.25) is 0 Å². The Bertz CT molecular complexity index is 804. The van der Waals surface area contributed by atoms with Crippen molar-refractivity contribution >= 4 is 11.1 Å². The Morgan fingerprint density at radius 1 is 1.32 bits per heavy atom. The number of nitrogens with one attached hydrogen (secondary N) is 1. The van der Waals surface area contributed by atoms with Crippen LogP contribution in [0.4, 0.5) is 0 Å². The lowest BCUT2D eigenvalue weighted by Crippen LogP contribution is -2.03. The number of aromatic amines is 1. The molecule has 0 saturated carbocycles. The van der Waals surface area contributed by atoms with Gasteiger partial charge >= 0.3 is 5.76 Å². The first-order chi connectivity index (χ1) is 9.15. The number of aryl methyl sites for hydroxylation is 1. The Morgan fingerprint density at radius 2 is 2.16 bits per heavy atom. The molecule has 0 aliphatic heterocycles. The average molecular weight is 256 g/mol. The van der Waals surface area contributed by atoms with E-state index in [2.05, 4.69) is 15.0 Å². The fraction of sp³-hybridized carbons (Fsp3) is 0.154. The molecule has 6 heteroatoms. The third-order valence-corrected chi connectivity index (χ3v) is 2.82. The number of fused-ring (bicyclic) bond motifs is 1. The summed E-state index contributed by atoms with van der Waals surface area (Å²) >= 11 is 0. The zero-order valence-corrected chi connectivity index (χ0v) is 10.3. The molecule has 0 saturated heterocycles. The molecule has 0 spiro atoms. The molecule has 6 nitrogen and oxygen atoms in total. The van der Waals surface area contributed by atoms with E-state index in [1.165, 1.54) is 0 Å². The molecule has 96 valence electrons. The van der Waals surface area contributed by atoms with E-state index in [0.717, 1.165) is 17.0 Å². The SMILES string of the molecule is Cc1nc(CN)cc(-c2ccc3[nH]c(=O)oc3c2)n1. The number of nitrogens with zero attached hydrogens (tertiary/aromatic N) is 2. The first kappa shape index (κ1) is 11.6. The van der Waals surface area contributed by atoms with Gasteiger partial charge in [0.2, 0.25) is 0 Å². The fourth-order valence-corrected chi connectivity index (χ4v) is 1.99. The second kappa shape index (κ2) is 4.33. The van der Waals surface area contributed by atoms with E-state index in [9.17, 15) is 4.79 Å². The number of H-pyrrole nitrogens is 1. The number of hydrogen-bond donors (Lipinski definition) is 2. The van der Waals surface area contributed by atoms with Gasteiger partial charge in [0.1, 0.15) is 5.82 Å². The van der Waals surface area contributed by atoms with Gasteiger partial charge in [0.05, 0.1) is 16.9 Å². The van der Waals surface area contributed by atoms with Crippen molar-refractivity contribution in [3.63, 3.8) is 0 Å². The molecule has 19 heavy (non-hydrogen) atoms. The second-order valence-electron chi connectivity index (χ2n) is 4.22. The van der Waals surface area contributed by atoms with Gasteiger partial charge in [0.25, 0.3) is 0 Å². The van der Waals surface area contributed by atoms with Crippen molar-refractivity contribution in [1.29, 1.82) is 0 Å². The van der Waals surface area contributed by atoms with E-state index in [0.29, 0.717) is 23.5 Å². The maximum Gasteiger partial charge on any atom is 0.417 e. The summed E-state index contributed by atoms with van der Waals surface area (Å²) in [6.45, 7) is 2.18. The lowest BCUT2D eigenvalue weighted by Gasteiger charge is -2.04. The van der Waals surface area contributed by atoms with Crippen LogP contribution in [0.5, 0.6) is 0 Å². The predicted octanol–water partition coefficient (Wildman–Crippen LogP) is 1.35. The van der Waals surface area contributed by atoms with E-state index in [4.69, 9.17) is 10.2 Å². The fourth-order valence-electron chi connectivity index (χ4n) is 1.99. The zero-order valence-electron chi connectivity index (χ0n) is 10.3. The predicted molar refractivity (Wildman–Crippen MR) is 70.5 cm³/mol. The first-order valence-corrected chi connectivity index (χ1v) is 5.83. The van der Waals surface area contributed by atoms with Crippen molar-refractivity contribution in [1.82, 2.24) is 15.0 Å². The highest BCUT2D eigenvalue weighted by Crippen LogP contribution is 2.22. The minimum Gasteiger partial charge on any atom is -0.408 e. The summed E-state index contributed by atoms with van der Waals surface area (Å²) in [4.78, 5) is 22.3. The maximum absolute atomic E-state index is 11.1. The van der Waals surface area contributed by atoms with Gasteiger partial charge in [0.15, 0.2) is 5.58 Å². The average Bonchev–Trinajstić information content (AvgIpc) is 2.76. The molecule has 2 heterocycles. The third kappa shape index (κ3) is 2.13. The number of oxazole rings is 1. The molecule has 0 atom stereocenters. The summed E-state index contributed by atoms with van der Waals surface area (Å²) in [6.07, 6.45) is 0. The van der Waals surface area contributed by atoms with Crippen molar-refractivity contribution < 1.29 is 4.42 Å². The van der Waals surface area contributed by atoms with E-state index in [1.807, 2.05) is 19.1 Å². The van der Waals surface area contributed by atoms with Crippen molar-refractivity contribution in [2.24, 2.45) is 5.73 Å². The van der Waals surface area contributed by atoms with Gasteiger partial charge in [-0.1, -0.05) is 6.07 Å². The van der Waals surface area contributed by atoms with Crippen LogP contribution in [-0.2, 0) is 6.54 Å². The summed E-state index contributed by atoms with van der Waals surface area (Å²) in [6, 6.07) is 7.26.